The SMILES string of the molecule is CCOC(=O)c1cnc2cc(OCCCN3CCCCC3)c(OC)cc2c1N1CCN(C(=O)Nc2ccc(C#N)cc2)CC1. The molecule has 5 rings (SSSR count). The lowest BCUT2D eigenvalue weighted by Gasteiger charge is -2.37. The summed E-state index contributed by atoms with van der Waals surface area (Å²) in [5, 5.41) is 12.7. The highest BCUT2D eigenvalue weighted by Gasteiger charge is 2.28. The Balaban J connectivity index is 1.32. The van der Waals surface area contributed by atoms with Crippen LogP contribution in [-0.4, -0.2) is 92.9 Å². The summed E-state index contributed by atoms with van der Waals surface area (Å²) in [5.74, 6) is 0.736. The summed E-state index contributed by atoms with van der Waals surface area (Å²) in [6.07, 6.45) is 6.33. The first-order valence-corrected chi connectivity index (χ1v) is 15.3. The van der Waals surface area contributed by atoms with Crippen LogP contribution in [0.15, 0.2) is 42.6 Å². The molecule has 2 fully saturated rings. The molecule has 2 aliphatic heterocycles. The van der Waals surface area contributed by atoms with Crippen molar-refractivity contribution in [3.8, 4) is 17.6 Å². The average molecular weight is 601 g/mol. The largest absolute Gasteiger partial charge is 0.493 e. The first-order chi connectivity index (χ1) is 21.5. The van der Waals surface area contributed by atoms with Gasteiger partial charge in [-0.3, -0.25) is 4.98 Å². The highest BCUT2D eigenvalue weighted by molar-refractivity contribution is 6.06. The molecule has 232 valence electrons. The van der Waals surface area contributed by atoms with Gasteiger partial charge in [0, 0.05) is 56.1 Å². The van der Waals surface area contributed by atoms with Gasteiger partial charge >= 0.3 is 12.0 Å². The standard InChI is InChI=1S/C33H40N6O5/c1-3-43-32(40)27-23-35-28-21-30(44-19-7-14-37-12-5-4-6-13-37)29(42-2)20-26(28)31(27)38-15-17-39(18-16-38)33(41)36-25-10-8-24(22-34)9-11-25/h8-11,20-21,23H,3-7,12-19H2,1-2H3,(H,36,41). The Hall–Kier alpha value is -4.56. The molecule has 0 atom stereocenters. The molecule has 1 aromatic heterocycles. The van der Waals surface area contributed by atoms with Gasteiger partial charge < -0.3 is 34.2 Å². The van der Waals surface area contributed by atoms with Crippen LogP contribution in [0.1, 0.15) is 48.5 Å². The fourth-order valence-electron chi connectivity index (χ4n) is 5.77. The van der Waals surface area contributed by atoms with Crippen LogP contribution in [0.3, 0.4) is 0 Å². The highest BCUT2D eigenvalue weighted by atomic mass is 16.5. The number of esters is 1. The summed E-state index contributed by atoms with van der Waals surface area (Å²) in [6.45, 7) is 7.81. The number of aromatic nitrogens is 1. The van der Waals surface area contributed by atoms with E-state index in [1.165, 1.54) is 19.3 Å². The smallest absolute Gasteiger partial charge is 0.341 e. The molecule has 0 spiro atoms. The first-order valence-electron chi connectivity index (χ1n) is 15.3. The first kappa shape index (κ1) is 30.9. The monoisotopic (exact) mass is 600 g/mol. The molecule has 2 aromatic carbocycles. The fourth-order valence-corrected chi connectivity index (χ4v) is 5.77. The number of fused-ring (bicyclic) bond motifs is 1. The summed E-state index contributed by atoms with van der Waals surface area (Å²) in [6, 6.07) is 12.4. The van der Waals surface area contributed by atoms with Crippen LogP contribution in [0.2, 0.25) is 0 Å². The molecule has 1 N–H and O–H groups in total. The lowest BCUT2D eigenvalue weighted by Crippen LogP contribution is -2.50. The topological polar surface area (TPSA) is 120 Å². The summed E-state index contributed by atoms with van der Waals surface area (Å²) in [5.41, 5.74) is 2.91. The Labute approximate surface area is 258 Å². The summed E-state index contributed by atoms with van der Waals surface area (Å²) in [4.78, 5) is 37.0. The van der Waals surface area contributed by atoms with E-state index in [4.69, 9.17) is 19.5 Å². The molecule has 0 radical (unpaired) electrons. The van der Waals surface area contributed by atoms with Crippen LogP contribution in [0.4, 0.5) is 16.2 Å². The lowest BCUT2D eigenvalue weighted by atomic mass is 10.1. The van der Waals surface area contributed by atoms with Crippen molar-refractivity contribution in [1.29, 1.82) is 5.26 Å². The van der Waals surface area contributed by atoms with E-state index >= 15 is 0 Å². The van der Waals surface area contributed by atoms with Crippen molar-refractivity contribution >= 4 is 34.3 Å². The number of nitriles is 1. The molecule has 0 aliphatic carbocycles. The highest BCUT2D eigenvalue weighted by Crippen LogP contribution is 2.38. The zero-order valence-corrected chi connectivity index (χ0v) is 25.5. The zero-order valence-electron chi connectivity index (χ0n) is 25.5. The lowest BCUT2D eigenvalue weighted by molar-refractivity contribution is 0.0526. The van der Waals surface area contributed by atoms with E-state index < -0.39 is 5.97 Å². The minimum absolute atomic E-state index is 0.219. The fraction of sp³-hybridized carbons (Fsp3) is 0.455. The van der Waals surface area contributed by atoms with E-state index in [1.807, 2.05) is 12.1 Å². The van der Waals surface area contributed by atoms with Crippen molar-refractivity contribution in [3.05, 3.63) is 53.7 Å². The number of piperazine rings is 1. The van der Waals surface area contributed by atoms with Gasteiger partial charge in [-0.05, 0) is 69.6 Å². The normalized spacial score (nSPS) is 15.5. The Morgan fingerprint density at radius 1 is 1.00 bits per heavy atom. The minimum atomic E-state index is -0.449. The number of carbonyl (C=O) groups excluding carboxylic acids is 2. The number of likely N-dealkylation sites (tertiary alicyclic amines) is 1. The van der Waals surface area contributed by atoms with Gasteiger partial charge in [0.2, 0.25) is 0 Å². The molecule has 3 heterocycles. The van der Waals surface area contributed by atoms with Gasteiger partial charge in [-0.2, -0.15) is 5.26 Å². The van der Waals surface area contributed by atoms with Crippen molar-refractivity contribution < 1.29 is 23.8 Å². The van der Waals surface area contributed by atoms with Crippen LogP contribution in [0, 0.1) is 11.3 Å². The van der Waals surface area contributed by atoms with Crippen LogP contribution >= 0.6 is 0 Å². The minimum Gasteiger partial charge on any atom is -0.493 e. The molecular formula is C33H40N6O5. The molecule has 0 unspecified atom stereocenters. The van der Waals surface area contributed by atoms with Crippen molar-refractivity contribution in [3.63, 3.8) is 0 Å². The van der Waals surface area contributed by atoms with Crippen molar-refractivity contribution in [2.75, 3.05) is 76.4 Å². The predicted molar refractivity (Wildman–Crippen MR) is 169 cm³/mol. The van der Waals surface area contributed by atoms with Crippen molar-refractivity contribution in [2.24, 2.45) is 0 Å². The third-order valence-corrected chi connectivity index (χ3v) is 8.09. The van der Waals surface area contributed by atoms with E-state index in [-0.39, 0.29) is 12.6 Å². The van der Waals surface area contributed by atoms with Gasteiger partial charge in [-0.1, -0.05) is 6.42 Å². The second kappa shape index (κ2) is 14.8. The molecule has 11 nitrogen and oxygen atoms in total. The van der Waals surface area contributed by atoms with E-state index in [9.17, 15) is 9.59 Å². The second-order valence-electron chi connectivity index (χ2n) is 11.0. The molecule has 0 saturated carbocycles. The maximum atomic E-state index is 13.1. The Morgan fingerprint density at radius 3 is 2.43 bits per heavy atom. The van der Waals surface area contributed by atoms with Gasteiger partial charge in [-0.25, -0.2) is 9.59 Å². The quantitative estimate of drug-likeness (QED) is 0.256. The number of pyridine rings is 1. The number of methoxy groups -OCH3 is 1. The van der Waals surface area contributed by atoms with Crippen LogP contribution in [-0.2, 0) is 4.74 Å². The third kappa shape index (κ3) is 7.32. The number of benzene rings is 2. The number of rotatable bonds is 10. The van der Waals surface area contributed by atoms with Gasteiger partial charge in [0.1, 0.15) is 5.56 Å². The van der Waals surface area contributed by atoms with E-state index in [0.29, 0.717) is 72.3 Å². The van der Waals surface area contributed by atoms with Gasteiger partial charge in [0.25, 0.3) is 0 Å². The number of amides is 2. The van der Waals surface area contributed by atoms with E-state index in [2.05, 4.69) is 26.2 Å². The van der Waals surface area contributed by atoms with Crippen LogP contribution < -0.4 is 19.7 Å². The Morgan fingerprint density at radius 2 is 1.75 bits per heavy atom. The maximum absolute atomic E-state index is 13.1. The van der Waals surface area contributed by atoms with Crippen molar-refractivity contribution in [2.45, 2.75) is 32.6 Å². The maximum Gasteiger partial charge on any atom is 0.341 e. The van der Waals surface area contributed by atoms with Gasteiger partial charge in [-0.15, -0.1) is 0 Å². The average Bonchev–Trinajstić information content (AvgIpc) is 3.06. The Kier molecular flexibility index (Phi) is 10.4. The molecule has 11 heteroatoms. The number of hydrogen-bond acceptors (Lipinski definition) is 9. The summed E-state index contributed by atoms with van der Waals surface area (Å²) < 4.78 is 17.3. The molecular weight excluding hydrogens is 560 g/mol. The Bertz CT molecular complexity index is 1490. The van der Waals surface area contributed by atoms with Crippen molar-refractivity contribution in [1.82, 2.24) is 14.8 Å². The molecule has 2 saturated heterocycles. The van der Waals surface area contributed by atoms with E-state index in [0.717, 1.165) is 31.4 Å². The summed E-state index contributed by atoms with van der Waals surface area (Å²) >= 11 is 0. The van der Waals surface area contributed by atoms with E-state index in [1.54, 1.807) is 49.4 Å². The third-order valence-electron chi connectivity index (χ3n) is 8.09. The predicted octanol–water partition coefficient (Wildman–Crippen LogP) is 4.90. The van der Waals surface area contributed by atoms with Crippen LogP contribution in [0.25, 0.3) is 10.9 Å². The number of anilines is 2. The second-order valence-corrected chi connectivity index (χ2v) is 11.0. The number of hydrogen-bond donors (Lipinski definition) is 1. The van der Waals surface area contributed by atoms with Gasteiger partial charge in [0.15, 0.2) is 11.5 Å². The number of nitrogens with one attached hydrogen (secondary N) is 1. The summed E-state index contributed by atoms with van der Waals surface area (Å²) in [7, 11) is 1.61. The molecule has 0 bridgehead atoms. The number of nitrogens with zero attached hydrogens (tertiary/aromatic N) is 5. The van der Waals surface area contributed by atoms with Crippen LogP contribution in [0.5, 0.6) is 11.5 Å². The number of urea groups is 1. The van der Waals surface area contributed by atoms with Gasteiger partial charge in [0.05, 0.1) is 43.2 Å². The zero-order chi connectivity index (χ0) is 30.9. The number of ether oxygens (including phenoxy) is 3. The molecule has 44 heavy (non-hydrogen) atoms. The number of piperidine rings is 1. The molecule has 3 aromatic rings. The molecule has 2 amide bonds. The molecule has 2 aliphatic rings. The number of carbonyl (C=O) groups is 2.